The van der Waals surface area contributed by atoms with E-state index < -0.39 is 0 Å². The summed E-state index contributed by atoms with van der Waals surface area (Å²) in [5.74, 6) is 0.149. The van der Waals surface area contributed by atoms with Crippen LogP contribution in [-0.2, 0) is 9.59 Å². The Morgan fingerprint density at radius 1 is 1.19 bits per heavy atom. The van der Waals surface area contributed by atoms with Gasteiger partial charge in [0.05, 0.1) is 13.1 Å². The van der Waals surface area contributed by atoms with Gasteiger partial charge in [-0.3, -0.25) is 14.5 Å². The predicted octanol–water partition coefficient (Wildman–Crippen LogP) is -2.15. The largest absolute Gasteiger partial charge is 0.354 e. The van der Waals surface area contributed by atoms with Crippen LogP contribution >= 0.6 is 0 Å². The van der Waals surface area contributed by atoms with Gasteiger partial charge in [0.25, 0.3) is 0 Å². The van der Waals surface area contributed by atoms with Crippen molar-refractivity contribution >= 4 is 11.8 Å². The highest BCUT2D eigenvalue weighted by Gasteiger charge is 2.22. The van der Waals surface area contributed by atoms with Crippen LogP contribution in [-0.4, -0.2) is 74.0 Å². The minimum absolute atomic E-state index is 0.0133. The monoisotopic (exact) mass is 226 g/mol. The van der Waals surface area contributed by atoms with Crippen LogP contribution in [0.1, 0.15) is 0 Å². The molecule has 0 saturated carbocycles. The van der Waals surface area contributed by atoms with Crippen LogP contribution in [0.2, 0.25) is 0 Å². The van der Waals surface area contributed by atoms with Gasteiger partial charge in [0, 0.05) is 39.3 Å². The number of hydrogen-bond acceptors (Lipinski definition) is 4. The van der Waals surface area contributed by atoms with Crippen LogP contribution in [0.25, 0.3) is 0 Å². The third kappa shape index (κ3) is 2.93. The summed E-state index contributed by atoms with van der Waals surface area (Å²) in [5.41, 5.74) is 0. The lowest BCUT2D eigenvalue weighted by Gasteiger charge is -2.31. The van der Waals surface area contributed by atoms with Gasteiger partial charge in [0.15, 0.2) is 0 Å². The number of amides is 2. The smallest absolute Gasteiger partial charge is 0.236 e. The average molecular weight is 226 g/mol. The molecule has 0 radical (unpaired) electrons. The first-order valence-corrected chi connectivity index (χ1v) is 5.73. The summed E-state index contributed by atoms with van der Waals surface area (Å²) >= 11 is 0. The summed E-state index contributed by atoms with van der Waals surface area (Å²) in [5, 5.41) is 5.96. The van der Waals surface area contributed by atoms with E-state index in [0.29, 0.717) is 19.6 Å². The molecular weight excluding hydrogens is 208 g/mol. The first kappa shape index (κ1) is 11.3. The highest BCUT2D eigenvalue weighted by molar-refractivity contribution is 5.81. The van der Waals surface area contributed by atoms with E-state index in [1.165, 1.54) is 0 Å². The van der Waals surface area contributed by atoms with E-state index in [0.717, 1.165) is 32.7 Å². The number of carbonyl (C=O) groups is 2. The third-order valence-corrected chi connectivity index (χ3v) is 2.95. The molecule has 2 rings (SSSR count). The van der Waals surface area contributed by atoms with Crippen molar-refractivity contribution in [3.05, 3.63) is 0 Å². The van der Waals surface area contributed by atoms with Crippen molar-refractivity contribution in [2.45, 2.75) is 0 Å². The van der Waals surface area contributed by atoms with Crippen LogP contribution in [0.5, 0.6) is 0 Å². The maximum absolute atomic E-state index is 11.9. The zero-order valence-electron chi connectivity index (χ0n) is 9.37. The van der Waals surface area contributed by atoms with E-state index in [-0.39, 0.29) is 11.8 Å². The second kappa shape index (κ2) is 5.27. The summed E-state index contributed by atoms with van der Waals surface area (Å²) in [6.45, 7) is 5.42. The van der Waals surface area contributed by atoms with Crippen molar-refractivity contribution in [1.82, 2.24) is 20.4 Å². The molecule has 2 amide bonds. The number of rotatable bonds is 2. The fraction of sp³-hybridized carbons (Fsp3) is 0.800. The first-order valence-electron chi connectivity index (χ1n) is 5.73. The molecule has 0 aromatic carbocycles. The molecule has 0 bridgehead atoms. The maximum atomic E-state index is 11.9. The zero-order valence-corrected chi connectivity index (χ0v) is 9.37. The predicted molar refractivity (Wildman–Crippen MR) is 58.9 cm³/mol. The van der Waals surface area contributed by atoms with Gasteiger partial charge in [-0.25, -0.2) is 0 Å². The Morgan fingerprint density at radius 2 is 1.94 bits per heavy atom. The Bertz CT molecular complexity index is 276. The minimum atomic E-state index is 0.0133. The van der Waals surface area contributed by atoms with E-state index in [1.54, 1.807) is 0 Å². The Morgan fingerprint density at radius 3 is 2.62 bits per heavy atom. The van der Waals surface area contributed by atoms with Crippen molar-refractivity contribution in [3.63, 3.8) is 0 Å². The van der Waals surface area contributed by atoms with Gasteiger partial charge >= 0.3 is 0 Å². The zero-order chi connectivity index (χ0) is 11.4. The number of piperazine rings is 2. The fourth-order valence-corrected chi connectivity index (χ4v) is 2.03. The molecule has 0 aliphatic carbocycles. The molecule has 2 N–H and O–H groups in total. The summed E-state index contributed by atoms with van der Waals surface area (Å²) in [4.78, 5) is 26.8. The molecule has 0 spiro atoms. The first-order chi connectivity index (χ1) is 7.75. The summed E-state index contributed by atoms with van der Waals surface area (Å²) in [6, 6.07) is 0. The van der Waals surface area contributed by atoms with E-state index in [4.69, 9.17) is 0 Å². The lowest BCUT2D eigenvalue weighted by molar-refractivity contribution is -0.134. The SMILES string of the molecule is O=C1CN(CC(=O)N2CCNCC2)CCN1. The van der Waals surface area contributed by atoms with Crippen LogP contribution in [0, 0.1) is 0 Å². The Balaban J connectivity index is 1.79. The summed E-state index contributed by atoms with van der Waals surface area (Å²) in [6.07, 6.45) is 0. The van der Waals surface area contributed by atoms with Gasteiger partial charge in [0.1, 0.15) is 0 Å². The van der Waals surface area contributed by atoms with Crippen LogP contribution < -0.4 is 10.6 Å². The summed E-state index contributed by atoms with van der Waals surface area (Å²) < 4.78 is 0. The fourth-order valence-electron chi connectivity index (χ4n) is 2.03. The highest BCUT2D eigenvalue weighted by Crippen LogP contribution is 1.98. The molecule has 16 heavy (non-hydrogen) atoms. The highest BCUT2D eigenvalue weighted by atomic mass is 16.2. The Kier molecular flexibility index (Phi) is 3.74. The second-order valence-electron chi connectivity index (χ2n) is 4.19. The summed E-state index contributed by atoms with van der Waals surface area (Å²) in [7, 11) is 0. The maximum Gasteiger partial charge on any atom is 0.236 e. The van der Waals surface area contributed by atoms with Gasteiger partial charge in [-0.1, -0.05) is 0 Å². The Hall–Kier alpha value is -1.14. The molecular formula is C10H18N4O2. The average Bonchev–Trinajstić information content (AvgIpc) is 2.30. The second-order valence-corrected chi connectivity index (χ2v) is 4.19. The van der Waals surface area contributed by atoms with E-state index in [2.05, 4.69) is 10.6 Å². The standard InChI is InChI=1S/C10H18N4O2/c15-9-7-13(4-3-12-9)8-10(16)14-5-1-11-2-6-14/h11H,1-8H2,(H,12,15). The number of nitrogens with zero attached hydrogens (tertiary/aromatic N) is 2. The molecule has 6 nitrogen and oxygen atoms in total. The van der Waals surface area contributed by atoms with Crippen molar-refractivity contribution in [2.24, 2.45) is 0 Å². The molecule has 2 heterocycles. The van der Waals surface area contributed by atoms with Gasteiger partial charge in [-0.2, -0.15) is 0 Å². The lowest BCUT2D eigenvalue weighted by atomic mass is 10.3. The normalized spacial score (nSPS) is 23.0. The number of nitrogens with one attached hydrogen (secondary N) is 2. The molecule has 0 aromatic rings. The molecule has 6 heteroatoms. The van der Waals surface area contributed by atoms with Crippen molar-refractivity contribution in [1.29, 1.82) is 0 Å². The molecule has 0 unspecified atom stereocenters. The molecule has 2 saturated heterocycles. The molecule has 2 aliphatic heterocycles. The van der Waals surface area contributed by atoms with Crippen LogP contribution in [0.15, 0.2) is 0 Å². The topological polar surface area (TPSA) is 64.7 Å². The quantitative estimate of drug-likeness (QED) is 0.563. The molecule has 2 fully saturated rings. The minimum Gasteiger partial charge on any atom is -0.354 e. The van der Waals surface area contributed by atoms with Gasteiger partial charge in [0.2, 0.25) is 11.8 Å². The molecule has 0 aromatic heterocycles. The van der Waals surface area contributed by atoms with E-state index in [9.17, 15) is 9.59 Å². The van der Waals surface area contributed by atoms with Crippen molar-refractivity contribution < 1.29 is 9.59 Å². The molecule has 2 aliphatic rings. The van der Waals surface area contributed by atoms with E-state index in [1.807, 2.05) is 9.80 Å². The Labute approximate surface area is 95.0 Å². The number of carbonyl (C=O) groups excluding carboxylic acids is 2. The van der Waals surface area contributed by atoms with Crippen LogP contribution in [0.4, 0.5) is 0 Å². The lowest BCUT2D eigenvalue weighted by Crippen LogP contribution is -2.53. The van der Waals surface area contributed by atoms with Gasteiger partial charge in [-0.05, 0) is 0 Å². The third-order valence-electron chi connectivity index (χ3n) is 2.95. The van der Waals surface area contributed by atoms with E-state index >= 15 is 0 Å². The number of hydrogen-bond donors (Lipinski definition) is 2. The van der Waals surface area contributed by atoms with Gasteiger partial charge < -0.3 is 15.5 Å². The molecule has 0 atom stereocenters. The van der Waals surface area contributed by atoms with Crippen molar-refractivity contribution in [3.8, 4) is 0 Å². The van der Waals surface area contributed by atoms with Crippen LogP contribution in [0.3, 0.4) is 0 Å². The van der Waals surface area contributed by atoms with Gasteiger partial charge in [-0.15, -0.1) is 0 Å². The molecule has 90 valence electrons. The van der Waals surface area contributed by atoms with Crippen molar-refractivity contribution in [2.75, 3.05) is 52.4 Å².